The molecule has 2 aromatic carbocycles. The van der Waals surface area contributed by atoms with E-state index in [4.69, 9.17) is 11.6 Å². The quantitative estimate of drug-likeness (QED) is 0.373. The molecule has 0 aromatic heterocycles. The van der Waals surface area contributed by atoms with Crippen LogP contribution in [0.3, 0.4) is 0 Å². The highest BCUT2D eigenvalue weighted by Crippen LogP contribution is 2.22. The molecular formula is C17H18ClN3O2. The van der Waals surface area contributed by atoms with Crippen molar-refractivity contribution < 1.29 is 4.92 Å². The number of hydrogen-bond acceptors (Lipinski definition) is 4. The minimum Gasteiger partial charge on any atom is -0.278 e. The van der Waals surface area contributed by atoms with Crippen LogP contribution in [0, 0.1) is 30.9 Å². The topological polar surface area (TPSA) is 67.5 Å². The summed E-state index contributed by atoms with van der Waals surface area (Å²) in [4.78, 5) is 10.2. The summed E-state index contributed by atoms with van der Waals surface area (Å²) in [5.41, 5.74) is 9.19. The van der Waals surface area contributed by atoms with E-state index in [1.807, 2.05) is 20.8 Å². The van der Waals surface area contributed by atoms with Crippen molar-refractivity contribution in [2.24, 2.45) is 5.10 Å². The van der Waals surface area contributed by atoms with E-state index in [1.54, 1.807) is 18.3 Å². The lowest BCUT2D eigenvalue weighted by Gasteiger charge is -2.13. The summed E-state index contributed by atoms with van der Waals surface area (Å²) in [6.45, 7) is 6.12. The van der Waals surface area contributed by atoms with Crippen molar-refractivity contribution in [1.29, 1.82) is 0 Å². The largest absolute Gasteiger partial charge is 0.278 e. The summed E-state index contributed by atoms with van der Waals surface area (Å²) >= 11 is 6.02. The second kappa shape index (κ2) is 7.24. The second-order valence-electron chi connectivity index (χ2n) is 5.34. The van der Waals surface area contributed by atoms with Gasteiger partial charge in [-0.05, 0) is 55.2 Å². The number of nitrogens with one attached hydrogen (secondary N) is 1. The summed E-state index contributed by atoms with van der Waals surface area (Å²) in [7, 11) is 0. The molecule has 1 N–H and O–H groups in total. The number of halogens is 1. The Morgan fingerprint density at radius 1 is 1.22 bits per heavy atom. The zero-order valence-corrected chi connectivity index (χ0v) is 14.0. The highest BCUT2D eigenvalue weighted by atomic mass is 35.5. The molecule has 2 rings (SSSR count). The third-order valence-electron chi connectivity index (χ3n) is 3.79. The molecule has 0 fully saturated rings. The molecule has 23 heavy (non-hydrogen) atoms. The maximum atomic E-state index is 10.6. The van der Waals surface area contributed by atoms with Crippen LogP contribution in [0.5, 0.6) is 0 Å². The van der Waals surface area contributed by atoms with Crippen molar-refractivity contribution >= 4 is 29.2 Å². The first kappa shape index (κ1) is 17.0. The molecule has 0 aliphatic heterocycles. The van der Waals surface area contributed by atoms with Crippen molar-refractivity contribution in [3.8, 4) is 0 Å². The Bertz CT molecular complexity index is 755. The fourth-order valence-electron chi connectivity index (χ4n) is 2.48. The van der Waals surface area contributed by atoms with Gasteiger partial charge < -0.3 is 0 Å². The molecule has 0 saturated heterocycles. The van der Waals surface area contributed by atoms with Gasteiger partial charge in [0.05, 0.1) is 16.8 Å². The van der Waals surface area contributed by atoms with Crippen LogP contribution < -0.4 is 5.43 Å². The normalized spacial score (nSPS) is 11.0. The number of anilines is 1. The average molecular weight is 332 g/mol. The molecule has 0 aliphatic carbocycles. The van der Waals surface area contributed by atoms with Gasteiger partial charge in [0.15, 0.2) is 0 Å². The van der Waals surface area contributed by atoms with Crippen LogP contribution in [0.25, 0.3) is 0 Å². The molecule has 120 valence electrons. The maximum Gasteiger partial charge on any atom is 0.269 e. The standard InChI is InChI=1S/C17H18ClN3O2/c1-11-8-12(2)17(13(3)16(11)9-18)10-19-20-14-4-6-15(7-5-14)21(22)23/h4-8,10,20H,9H2,1-3H3/b19-10+. The van der Waals surface area contributed by atoms with E-state index in [0.29, 0.717) is 11.6 Å². The van der Waals surface area contributed by atoms with Crippen molar-refractivity contribution in [3.05, 3.63) is 68.3 Å². The molecule has 0 unspecified atom stereocenters. The number of nitro groups is 1. The van der Waals surface area contributed by atoms with E-state index in [9.17, 15) is 10.1 Å². The Balaban J connectivity index is 2.19. The lowest BCUT2D eigenvalue weighted by Crippen LogP contribution is -2.01. The van der Waals surface area contributed by atoms with Gasteiger partial charge >= 0.3 is 0 Å². The molecule has 6 heteroatoms. The molecule has 0 amide bonds. The molecule has 2 aromatic rings. The minimum absolute atomic E-state index is 0.0523. The van der Waals surface area contributed by atoms with Gasteiger partial charge in [0.2, 0.25) is 0 Å². The van der Waals surface area contributed by atoms with Gasteiger partial charge in [0, 0.05) is 23.6 Å². The number of rotatable bonds is 5. The van der Waals surface area contributed by atoms with Crippen LogP contribution in [-0.2, 0) is 5.88 Å². The third kappa shape index (κ3) is 3.87. The molecule has 0 spiro atoms. The lowest BCUT2D eigenvalue weighted by atomic mass is 9.95. The van der Waals surface area contributed by atoms with Gasteiger partial charge in [-0.25, -0.2) is 0 Å². The predicted octanol–water partition coefficient (Wildman–Crippen LogP) is 4.70. The van der Waals surface area contributed by atoms with E-state index in [0.717, 1.165) is 22.3 Å². The number of aryl methyl sites for hydroxylation is 2. The van der Waals surface area contributed by atoms with Gasteiger partial charge in [0.25, 0.3) is 5.69 Å². The van der Waals surface area contributed by atoms with Gasteiger partial charge in [-0.15, -0.1) is 11.6 Å². The average Bonchev–Trinajstić information content (AvgIpc) is 2.51. The van der Waals surface area contributed by atoms with E-state index < -0.39 is 4.92 Å². The summed E-state index contributed by atoms with van der Waals surface area (Å²) < 4.78 is 0. The van der Waals surface area contributed by atoms with Gasteiger partial charge in [-0.1, -0.05) is 6.07 Å². The monoisotopic (exact) mass is 331 g/mol. The Morgan fingerprint density at radius 2 is 1.87 bits per heavy atom. The van der Waals surface area contributed by atoms with Crippen molar-refractivity contribution in [2.45, 2.75) is 26.7 Å². The van der Waals surface area contributed by atoms with Gasteiger partial charge in [-0.3, -0.25) is 15.5 Å². The summed E-state index contributed by atoms with van der Waals surface area (Å²) in [6.07, 6.45) is 1.75. The predicted molar refractivity (Wildman–Crippen MR) is 94.5 cm³/mol. The Hall–Kier alpha value is -2.40. The van der Waals surface area contributed by atoms with Crippen LogP contribution in [0.2, 0.25) is 0 Å². The lowest BCUT2D eigenvalue weighted by molar-refractivity contribution is -0.384. The first-order valence-electron chi connectivity index (χ1n) is 7.13. The molecule has 0 atom stereocenters. The number of non-ortho nitro benzene ring substituents is 1. The molecule has 0 bridgehead atoms. The molecule has 0 aliphatic rings. The van der Waals surface area contributed by atoms with E-state index >= 15 is 0 Å². The van der Waals surface area contributed by atoms with E-state index in [2.05, 4.69) is 16.6 Å². The number of nitro benzene ring substituents is 1. The van der Waals surface area contributed by atoms with Crippen LogP contribution >= 0.6 is 11.6 Å². The minimum atomic E-state index is -0.431. The second-order valence-corrected chi connectivity index (χ2v) is 5.60. The highest BCUT2D eigenvalue weighted by molar-refractivity contribution is 6.17. The number of hydrazone groups is 1. The molecular weight excluding hydrogens is 314 g/mol. The maximum absolute atomic E-state index is 10.6. The number of benzene rings is 2. The number of hydrogen-bond donors (Lipinski definition) is 1. The molecule has 0 saturated carbocycles. The van der Waals surface area contributed by atoms with E-state index in [-0.39, 0.29) is 5.69 Å². The fourth-order valence-corrected chi connectivity index (χ4v) is 2.89. The Labute approximate surface area is 140 Å². The fraction of sp³-hybridized carbons (Fsp3) is 0.235. The number of alkyl halides is 1. The van der Waals surface area contributed by atoms with Crippen molar-refractivity contribution in [1.82, 2.24) is 0 Å². The third-order valence-corrected chi connectivity index (χ3v) is 4.06. The van der Waals surface area contributed by atoms with E-state index in [1.165, 1.54) is 17.7 Å². The summed E-state index contributed by atoms with van der Waals surface area (Å²) in [5.74, 6) is 0.467. The first-order chi connectivity index (χ1) is 10.9. The van der Waals surface area contributed by atoms with Crippen molar-refractivity contribution in [3.63, 3.8) is 0 Å². The van der Waals surface area contributed by atoms with Gasteiger partial charge in [0.1, 0.15) is 0 Å². The Morgan fingerprint density at radius 3 is 2.43 bits per heavy atom. The van der Waals surface area contributed by atoms with Gasteiger partial charge in [-0.2, -0.15) is 5.10 Å². The van der Waals surface area contributed by atoms with Crippen LogP contribution in [-0.4, -0.2) is 11.1 Å². The Kier molecular flexibility index (Phi) is 5.34. The molecule has 0 radical (unpaired) electrons. The zero-order chi connectivity index (χ0) is 17.0. The summed E-state index contributed by atoms with van der Waals surface area (Å²) in [6, 6.07) is 8.21. The van der Waals surface area contributed by atoms with Crippen LogP contribution in [0.4, 0.5) is 11.4 Å². The molecule has 0 heterocycles. The first-order valence-corrected chi connectivity index (χ1v) is 7.66. The zero-order valence-electron chi connectivity index (χ0n) is 13.3. The van der Waals surface area contributed by atoms with Crippen molar-refractivity contribution in [2.75, 3.05) is 5.43 Å². The van der Waals surface area contributed by atoms with Crippen LogP contribution in [0.1, 0.15) is 27.8 Å². The summed E-state index contributed by atoms with van der Waals surface area (Å²) in [5, 5.41) is 14.8. The number of nitrogens with zero attached hydrogens (tertiary/aromatic N) is 2. The highest BCUT2D eigenvalue weighted by Gasteiger charge is 2.09. The SMILES string of the molecule is Cc1cc(C)c(CCl)c(C)c1/C=N/Nc1ccc([N+](=O)[O-])cc1. The van der Waals surface area contributed by atoms with Crippen LogP contribution in [0.15, 0.2) is 35.4 Å². The smallest absolute Gasteiger partial charge is 0.269 e. The molecule has 5 nitrogen and oxygen atoms in total.